The Bertz CT molecular complexity index is 294. The van der Waals surface area contributed by atoms with E-state index in [0.29, 0.717) is 4.88 Å². The highest BCUT2D eigenvalue weighted by Gasteiger charge is 2.19. The van der Waals surface area contributed by atoms with Crippen molar-refractivity contribution in [2.24, 2.45) is 0 Å². The normalized spacial score (nSPS) is 22.9. The molecule has 0 N–H and O–H groups in total. The molecule has 5 heteroatoms. The Morgan fingerprint density at radius 1 is 1.69 bits per heavy atom. The van der Waals surface area contributed by atoms with Crippen molar-refractivity contribution in [1.82, 2.24) is 4.98 Å². The Balaban J connectivity index is 2.09. The van der Waals surface area contributed by atoms with Crippen LogP contribution < -0.4 is 0 Å². The lowest BCUT2D eigenvalue weighted by atomic mass is 10.4. The van der Waals surface area contributed by atoms with Crippen LogP contribution in [-0.4, -0.2) is 29.4 Å². The second-order valence-electron chi connectivity index (χ2n) is 2.65. The molecule has 1 aliphatic heterocycles. The monoisotopic (exact) mass is 215 g/mol. The van der Waals surface area contributed by atoms with E-state index in [-0.39, 0.29) is 6.10 Å². The van der Waals surface area contributed by atoms with Gasteiger partial charge in [0, 0.05) is 17.7 Å². The first-order valence-electron chi connectivity index (χ1n) is 4.00. The van der Waals surface area contributed by atoms with Crippen LogP contribution in [0.25, 0.3) is 0 Å². The van der Waals surface area contributed by atoms with Gasteiger partial charge in [-0.2, -0.15) is 11.8 Å². The van der Waals surface area contributed by atoms with E-state index >= 15 is 0 Å². The molecule has 1 unspecified atom stereocenters. The number of carbonyl (C=O) groups is 1. The van der Waals surface area contributed by atoms with Crippen LogP contribution in [0.2, 0.25) is 0 Å². The predicted molar refractivity (Wildman–Crippen MR) is 53.5 cm³/mol. The van der Waals surface area contributed by atoms with E-state index in [1.54, 1.807) is 6.20 Å². The summed E-state index contributed by atoms with van der Waals surface area (Å²) in [7, 11) is 0. The molecule has 1 aromatic rings. The molecule has 2 heterocycles. The molecular formula is C8H9NO2S2. The topological polar surface area (TPSA) is 39.2 Å². The van der Waals surface area contributed by atoms with E-state index in [1.807, 2.05) is 11.8 Å². The van der Waals surface area contributed by atoms with Gasteiger partial charge in [0.15, 0.2) is 6.29 Å². The first kappa shape index (κ1) is 9.18. The van der Waals surface area contributed by atoms with Gasteiger partial charge in [0.05, 0.1) is 11.5 Å². The average molecular weight is 215 g/mol. The molecule has 1 saturated heterocycles. The molecule has 1 aromatic heterocycles. The number of hydrogen-bond acceptors (Lipinski definition) is 5. The van der Waals surface area contributed by atoms with Gasteiger partial charge in [0.1, 0.15) is 11.1 Å². The van der Waals surface area contributed by atoms with E-state index in [9.17, 15) is 4.79 Å². The van der Waals surface area contributed by atoms with Gasteiger partial charge >= 0.3 is 0 Å². The van der Waals surface area contributed by atoms with Crippen LogP contribution in [0, 0.1) is 0 Å². The van der Waals surface area contributed by atoms with Crippen molar-refractivity contribution in [1.29, 1.82) is 0 Å². The van der Waals surface area contributed by atoms with Gasteiger partial charge in [-0.25, -0.2) is 4.98 Å². The minimum absolute atomic E-state index is 0.0949. The summed E-state index contributed by atoms with van der Waals surface area (Å²) in [6.45, 7) is 0.783. The van der Waals surface area contributed by atoms with Crippen LogP contribution in [-0.2, 0) is 4.74 Å². The maximum absolute atomic E-state index is 10.4. The SMILES string of the molecule is O=Cc1cnc(C2CSCCO2)s1. The number of rotatable bonds is 2. The number of thiazole rings is 1. The van der Waals surface area contributed by atoms with Crippen LogP contribution in [0.4, 0.5) is 0 Å². The zero-order valence-corrected chi connectivity index (χ0v) is 8.57. The van der Waals surface area contributed by atoms with Gasteiger partial charge in [0.2, 0.25) is 0 Å². The molecule has 70 valence electrons. The lowest BCUT2D eigenvalue weighted by Crippen LogP contribution is -2.15. The summed E-state index contributed by atoms with van der Waals surface area (Å²) in [5.74, 6) is 2.01. The fourth-order valence-corrected chi connectivity index (χ4v) is 2.87. The molecule has 0 aliphatic carbocycles. The summed E-state index contributed by atoms with van der Waals surface area (Å²) < 4.78 is 5.53. The van der Waals surface area contributed by atoms with Crippen molar-refractivity contribution in [2.75, 3.05) is 18.1 Å². The molecule has 0 bridgehead atoms. The third kappa shape index (κ3) is 2.10. The molecule has 0 aromatic carbocycles. The largest absolute Gasteiger partial charge is 0.369 e. The molecule has 1 fully saturated rings. The summed E-state index contributed by atoms with van der Waals surface area (Å²) in [4.78, 5) is 15.3. The number of aromatic nitrogens is 1. The van der Waals surface area contributed by atoms with E-state index < -0.39 is 0 Å². The van der Waals surface area contributed by atoms with Crippen molar-refractivity contribution in [3.8, 4) is 0 Å². The Labute approximate surface area is 84.5 Å². The molecule has 2 rings (SSSR count). The zero-order valence-electron chi connectivity index (χ0n) is 6.93. The van der Waals surface area contributed by atoms with Crippen molar-refractivity contribution >= 4 is 29.4 Å². The minimum atomic E-state index is 0.0949. The maximum Gasteiger partial charge on any atom is 0.161 e. The summed E-state index contributed by atoms with van der Waals surface area (Å²) in [5.41, 5.74) is 0. The fraction of sp³-hybridized carbons (Fsp3) is 0.500. The molecule has 0 spiro atoms. The van der Waals surface area contributed by atoms with Crippen molar-refractivity contribution < 1.29 is 9.53 Å². The highest BCUT2D eigenvalue weighted by Crippen LogP contribution is 2.28. The number of thioether (sulfide) groups is 1. The van der Waals surface area contributed by atoms with E-state index in [1.165, 1.54) is 11.3 Å². The Morgan fingerprint density at radius 3 is 3.23 bits per heavy atom. The molecule has 3 nitrogen and oxygen atoms in total. The third-order valence-corrected chi connectivity index (χ3v) is 3.76. The summed E-state index contributed by atoms with van der Waals surface area (Å²) in [6, 6.07) is 0. The Hall–Kier alpha value is -0.390. The molecule has 1 atom stereocenters. The maximum atomic E-state index is 10.4. The Morgan fingerprint density at radius 2 is 2.62 bits per heavy atom. The average Bonchev–Trinajstić information content (AvgIpc) is 2.67. The van der Waals surface area contributed by atoms with Crippen LogP contribution in [0.1, 0.15) is 20.8 Å². The second-order valence-corrected chi connectivity index (χ2v) is 4.90. The van der Waals surface area contributed by atoms with Crippen molar-refractivity contribution in [3.05, 3.63) is 16.1 Å². The third-order valence-electron chi connectivity index (χ3n) is 1.75. The highest BCUT2D eigenvalue weighted by molar-refractivity contribution is 7.99. The van der Waals surface area contributed by atoms with Gasteiger partial charge < -0.3 is 4.74 Å². The standard InChI is InChI=1S/C8H9NO2S2/c10-4-6-3-9-8(13-6)7-5-12-2-1-11-7/h3-4,7H,1-2,5H2. The first-order chi connectivity index (χ1) is 6.40. The lowest BCUT2D eigenvalue weighted by molar-refractivity contribution is 0.0755. The number of ether oxygens (including phenoxy) is 1. The molecule has 13 heavy (non-hydrogen) atoms. The van der Waals surface area contributed by atoms with Gasteiger partial charge in [-0.3, -0.25) is 4.79 Å². The summed E-state index contributed by atoms with van der Waals surface area (Å²) in [6.07, 6.45) is 2.53. The van der Waals surface area contributed by atoms with Crippen LogP contribution >= 0.6 is 23.1 Å². The lowest BCUT2D eigenvalue weighted by Gasteiger charge is -2.19. The molecule has 1 aliphatic rings. The van der Waals surface area contributed by atoms with Gasteiger partial charge in [0.25, 0.3) is 0 Å². The van der Waals surface area contributed by atoms with Crippen LogP contribution in [0.5, 0.6) is 0 Å². The number of hydrogen-bond donors (Lipinski definition) is 0. The molecule has 0 saturated carbocycles. The predicted octanol–water partition coefficient (Wildman–Crippen LogP) is 1.76. The molecule has 0 radical (unpaired) electrons. The molecule has 0 amide bonds. The minimum Gasteiger partial charge on any atom is -0.369 e. The van der Waals surface area contributed by atoms with Crippen LogP contribution in [0.3, 0.4) is 0 Å². The summed E-state index contributed by atoms with van der Waals surface area (Å²) >= 11 is 3.29. The quantitative estimate of drug-likeness (QED) is 0.705. The van der Waals surface area contributed by atoms with Gasteiger partial charge in [-0.05, 0) is 0 Å². The highest BCUT2D eigenvalue weighted by atomic mass is 32.2. The number of carbonyl (C=O) groups excluding carboxylic acids is 1. The van der Waals surface area contributed by atoms with Crippen molar-refractivity contribution in [2.45, 2.75) is 6.10 Å². The smallest absolute Gasteiger partial charge is 0.161 e. The van der Waals surface area contributed by atoms with E-state index in [2.05, 4.69) is 4.98 Å². The van der Waals surface area contributed by atoms with E-state index in [0.717, 1.165) is 29.4 Å². The zero-order chi connectivity index (χ0) is 9.10. The fourth-order valence-electron chi connectivity index (χ4n) is 1.13. The number of nitrogens with zero attached hydrogens (tertiary/aromatic N) is 1. The number of aldehydes is 1. The molecular weight excluding hydrogens is 206 g/mol. The van der Waals surface area contributed by atoms with Gasteiger partial charge in [-0.1, -0.05) is 0 Å². The Kier molecular flexibility index (Phi) is 2.97. The first-order valence-corrected chi connectivity index (χ1v) is 5.97. The van der Waals surface area contributed by atoms with Crippen molar-refractivity contribution in [3.63, 3.8) is 0 Å². The van der Waals surface area contributed by atoms with Gasteiger partial charge in [-0.15, -0.1) is 11.3 Å². The van der Waals surface area contributed by atoms with Crippen LogP contribution in [0.15, 0.2) is 6.20 Å². The van der Waals surface area contributed by atoms with E-state index in [4.69, 9.17) is 4.74 Å². The summed E-state index contributed by atoms with van der Waals surface area (Å²) in [5, 5.41) is 0.925. The second kappa shape index (κ2) is 4.21.